The number of hydrogen-bond donors (Lipinski definition) is 1. The molecule has 1 heterocycles. The molecule has 1 aliphatic heterocycles. The lowest BCUT2D eigenvalue weighted by Gasteiger charge is -2.41. The molecule has 0 bridgehead atoms. The summed E-state index contributed by atoms with van der Waals surface area (Å²) in [7, 11) is 0. The second-order valence-electron chi connectivity index (χ2n) is 9.30. The lowest BCUT2D eigenvalue weighted by atomic mass is 10.0. The van der Waals surface area contributed by atoms with Crippen LogP contribution in [0.4, 0.5) is 14.5 Å². The second-order valence-corrected chi connectivity index (χ2v) is 9.30. The zero-order valence-corrected chi connectivity index (χ0v) is 19.2. The Balaban J connectivity index is 1.43. The van der Waals surface area contributed by atoms with Crippen molar-refractivity contribution < 1.29 is 18.4 Å². The molecule has 1 saturated heterocycles. The Bertz CT molecular complexity index is 1040. The van der Waals surface area contributed by atoms with Crippen molar-refractivity contribution in [3.05, 3.63) is 64.7 Å². The van der Waals surface area contributed by atoms with Crippen molar-refractivity contribution in [1.29, 1.82) is 0 Å². The molecule has 1 aliphatic carbocycles. The van der Waals surface area contributed by atoms with E-state index in [0.717, 1.165) is 56.0 Å². The molecule has 1 saturated carbocycles. The Morgan fingerprint density at radius 2 is 1.82 bits per heavy atom. The van der Waals surface area contributed by atoms with Gasteiger partial charge < -0.3 is 10.2 Å². The molecule has 2 aromatic carbocycles. The summed E-state index contributed by atoms with van der Waals surface area (Å²) in [5.41, 5.74) is 2.12. The molecule has 0 unspecified atom stereocenters. The number of hydrogen-bond acceptors (Lipinski definition) is 3. The van der Waals surface area contributed by atoms with Crippen LogP contribution in [0.2, 0.25) is 0 Å². The van der Waals surface area contributed by atoms with Gasteiger partial charge in [-0.1, -0.05) is 18.9 Å². The Labute approximate surface area is 193 Å². The molecule has 33 heavy (non-hydrogen) atoms. The fourth-order valence-corrected chi connectivity index (χ4v) is 5.01. The number of amides is 2. The minimum atomic E-state index is -0.501. The van der Waals surface area contributed by atoms with E-state index in [0.29, 0.717) is 18.8 Å². The number of nitrogens with zero attached hydrogens (tertiary/aromatic N) is 2. The van der Waals surface area contributed by atoms with E-state index in [2.05, 4.69) is 17.1 Å². The maximum atomic E-state index is 14.4. The first kappa shape index (κ1) is 23.4. The minimum Gasteiger partial charge on any atom is -0.337 e. The third kappa shape index (κ3) is 5.41. The van der Waals surface area contributed by atoms with Crippen molar-refractivity contribution in [2.45, 2.75) is 52.1 Å². The zero-order chi connectivity index (χ0) is 23.5. The van der Waals surface area contributed by atoms with E-state index >= 15 is 0 Å². The predicted octanol–water partition coefficient (Wildman–Crippen LogP) is 4.75. The normalized spacial score (nSPS) is 19.6. The Hall–Kier alpha value is -2.80. The standard InChI is InChI=1S/C26H31F2N3O2/c1-17-15-30(10-11-31(17)26(33)19-6-3-4-7-19)16-21-13-23(28)14-24(18(21)2)29-25(32)20-8-5-9-22(27)12-20/h5,8-9,12-14,17,19H,3-4,6-7,10-11,15-16H2,1-2H3,(H,29,32)/t17-/m0/s1. The van der Waals surface area contributed by atoms with Gasteiger partial charge in [-0.05, 0) is 68.1 Å². The van der Waals surface area contributed by atoms with Gasteiger partial charge in [-0.3, -0.25) is 14.5 Å². The van der Waals surface area contributed by atoms with Crippen LogP contribution in [0.15, 0.2) is 36.4 Å². The largest absolute Gasteiger partial charge is 0.337 e. The van der Waals surface area contributed by atoms with Gasteiger partial charge in [-0.15, -0.1) is 0 Å². The maximum Gasteiger partial charge on any atom is 0.255 e. The first-order valence-corrected chi connectivity index (χ1v) is 11.7. The van der Waals surface area contributed by atoms with E-state index in [1.165, 1.54) is 30.3 Å². The average molecular weight is 456 g/mol. The highest BCUT2D eigenvalue weighted by molar-refractivity contribution is 6.04. The molecule has 0 aromatic heterocycles. The van der Waals surface area contributed by atoms with Gasteiger partial charge in [0.15, 0.2) is 0 Å². The van der Waals surface area contributed by atoms with E-state index in [1.54, 1.807) is 0 Å². The zero-order valence-electron chi connectivity index (χ0n) is 19.2. The molecular weight excluding hydrogens is 424 g/mol. The quantitative estimate of drug-likeness (QED) is 0.708. The predicted molar refractivity (Wildman–Crippen MR) is 124 cm³/mol. The molecule has 2 amide bonds. The van der Waals surface area contributed by atoms with Gasteiger partial charge in [0.2, 0.25) is 5.91 Å². The Morgan fingerprint density at radius 3 is 2.52 bits per heavy atom. The molecule has 2 fully saturated rings. The number of benzene rings is 2. The first-order valence-electron chi connectivity index (χ1n) is 11.7. The van der Waals surface area contributed by atoms with Gasteiger partial charge in [0, 0.05) is 49.4 Å². The summed E-state index contributed by atoms with van der Waals surface area (Å²) < 4.78 is 27.9. The minimum absolute atomic E-state index is 0.105. The maximum absolute atomic E-state index is 14.4. The summed E-state index contributed by atoms with van der Waals surface area (Å²) >= 11 is 0. The van der Waals surface area contributed by atoms with Crippen molar-refractivity contribution in [2.24, 2.45) is 5.92 Å². The highest BCUT2D eigenvalue weighted by atomic mass is 19.1. The highest BCUT2D eigenvalue weighted by Gasteiger charge is 2.33. The third-order valence-electron chi connectivity index (χ3n) is 6.91. The molecular formula is C26H31F2N3O2. The van der Waals surface area contributed by atoms with Crippen LogP contribution in [0.5, 0.6) is 0 Å². The monoisotopic (exact) mass is 455 g/mol. The molecule has 2 aromatic rings. The first-order chi connectivity index (χ1) is 15.8. The van der Waals surface area contributed by atoms with Crippen LogP contribution in [-0.4, -0.2) is 47.3 Å². The van der Waals surface area contributed by atoms with Gasteiger partial charge in [-0.2, -0.15) is 0 Å². The number of anilines is 1. The summed E-state index contributed by atoms with van der Waals surface area (Å²) in [4.78, 5) is 29.6. The van der Waals surface area contributed by atoms with Gasteiger partial charge in [-0.25, -0.2) is 8.78 Å². The van der Waals surface area contributed by atoms with Crippen LogP contribution < -0.4 is 5.32 Å². The summed E-state index contributed by atoms with van der Waals surface area (Å²) in [6.07, 6.45) is 4.28. The van der Waals surface area contributed by atoms with Crippen molar-refractivity contribution in [3.63, 3.8) is 0 Å². The van der Waals surface area contributed by atoms with Crippen LogP contribution in [0.25, 0.3) is 0 Å². The van der Waals surface area contributed by atoms with E-state index in [4.69, 9.17) is 0 Å². The fraction of sp³-hybridized carbons (Fsp3) is 0.462. The van der Waals surface area contributed by atoms with Crippen LogP contribution in [0.3, 0.4) is 0 Å². The summed E-state index contributed by atoms with van der Waals surface area (Å²) in [5, 5.41) is 2.72. The summed E-state index contributed by atoms with van der Waals surface area (Å²) in [6, 6.07) is 8.29. The molecule has 0 spiro atoms. The second kappa shape index (κ2) is 10.00. The van der Waals surface area contributed by atoms with Crippen LogP contribution in [0, 0.1) is 24.5 Å². The summed E-state index contributed by atoms with van der Waals surface area (Å²) in [6.45, 7) is 6.57. The van der Waals surface area contributed by atoms with Crippen molar-refractivity contribution in [1.82, 2.24) is 9.80 Å². The van der Waals surface area contributed by atoms with Gasteiger partial charge in [0.25, 0.3) is 5.91 Å². The Morgan fingerprint density at radius 1 is 1.06 bits per heavy atom. The number of rotatable bonds is 5. The topological polar surface area (TPSA) is 52.6 Å². The Kier molecular flexibility index (Phi) is 7.08. The lowest BCUT2D eigenvalue weighted by Crippen LogP contribution is -2.54. The smallest absolute Gasteiger partial charge is 0.255 e. The fourth-order valence-electron chi connectivity index (χ4n) is 5.01. The van der Waals surface area contributed by atoms with E-state index < -0.39 is 17.5 Å². The highest BCUT2D eigenvalue weighted by Crippen LogP contribution is 2.29. The number of nitrogens with one attached hydrogen (secondary N) is 1. The van der Waals surface area contributed by atoms with Crippen molar-refractivity contribution in [3.8, 4) is 0 Å². The third-order valence-corrected chi connectivity index (χ3v) is 6.91. The van der Waals surface area contributed by atoms with E-state index in [-0.39, 0.29) is 23.4 Å². The molecule has 7 heteroatoms. The average Bonchev–Trinajstić information content (AvgIpc) is 3.31. The number of piperazine rings is 1. The summed E-state index contributed by atoms with van der Waals surface area (Å²) in [5.74, 6) is -0.966. The van der Waals surface area contributed by atoms with Gasteiger partial charge in [0.1, 0.15) is 11.6 Å². The number of carbonyl (C=O) groups excluding carboxylic acids is 2. The number of carbonyl (C=O) groups is 2. The van der Waals surface area contributed by atoms with Crippen LogP contribution in [-0.2, 0) is 11.3 Å². The van der Waals surface area contributed by atoms with Gasteiger partial charge in [0.05, 0.1) is 0 Å². The van der Waals surface area contributed by atoms with Crippen LogP contribution in [0.1, 0.15) is 54.1 Å². The molecule has 176 valence electrons. The molecule has 2 aliphatic rings. The van der Waals surface area contributed by atoms with Crippen molar-refractivity contribution in [2.75, 3.05) is 25.0 Å². The molecule has 1 atom stereocenters. The van der Waals surface area contributed by atoms with Crippen LogP contribution >= 0.6 is 0 Å². The van der Waals surface area contributed by atoms with E-state index in [1.807, 2.05) is 11.8 Å². The molecule has 5 nitrogen and oxygen atoms in total. The number of halogens is 2. The SMILES string of the molecule is Cc1c(CN2CCN(C(=O)C3CCCC3)[C@@H](C)C2)cc(F)cc1NC(=O)c1cccc(F)c1. The molecule has 1 N–H and O–H groups in total. The van der Waals surface area contributed by atoms with Crippen molar-refractivity contribution >= 4 is 17.5 Å². The molecule has 0 radical (unpaired) electrons. The van der Waals surface area contributed by atoms with E-state index in [9.17, 15) is 18.4 Å². The van der Waals surface area contributed by atoms with Gasteiger partial charge >= 0.3 is 0 Å². The lowest BCUT2D eigenvalue weighted by molar-refractivity contribution is -0.140. The molecule has 4 rings (SSSR count).